The highest BCUT2D eigenvalue weighted by atomic mass is 16.6. The van der Waals surface area contributed by atoms with E-state index in [1.165, 1.54) is 6.26 Å². The van der Waals surface area contributed by atoms with Gasteiger partial charge in [-0.1, -0.05) is 26.8 Å². The number of allylic oxidation sites excluding steroid dienone is 3. The molecule has 5 nitrogen and oxygen atoms in total. The molecule has 26 heavy (non-hydrogen) atoms. The average molecular weight is 354 g/mol. The summed E-state index contributed by atoms with van der Waals surface area (Å²) >= 11 is 0. The van der Waals surface area contributed by atoms with E-state index in [1.807, 2.05) is 13.0 Å². The largest absolute Gasteiger partial charge is 0.457 e. The summed E-state index contributed by atoms with van der Waals surface area (Å²) in [6, 6.07) is 3.28. The molecule has 0 N–H and O–H groups in total. The number of hydrogen-bond donors (Lipinski definition) is 0. The molecular weight excluding hydrogens is 332 g/mol. The fraction of sp³-hybridized carbons (Fsp3) is 0.429. The minimum atomic E-state index is -0.444. The van der Waals surface area contributed by atoms with Crippen LogP contribution in [0.5, 0.6) is 0 Å². The van der Waals surface area contributed by atoms with E-state index in [-0.39, 0.29) is 35.1 Å². The van der Waals surface area contributed by atoms with Crippen molar-refractivity contribution in [1.29, 1.82) is 0 Å². The third-order valence-electron chi connectivity index (χ3n) is 6.17. The summed E-state index contributed by atoms with van der Waals surface area (Å²) in [7, 11) is 0. The molecule has 0 saturated heterocycles. The Hall–Kier alpha value is -2.56. The second-order valence-corrected chi connectivity index (χ2v) is 7.71. The molecular formula is C21H22O5. The Morgan fingerprint density at radius 2 is 2.12 bits per heavy atom. The fourth-order valence-corrected chi connectivity index (χ4v) is 4.30. The van der Waals surface area contributed by atoms with Gasteiger partial charge < -0.3 is 13.9 Å². The normalized spacial score (nSPS) is 33.1. The topological polar surface area (TPSA) is 65.7 Å². The monoisotopic (exact) mass is 354 g/mol. The molecule has 0 aromatic carbocycles. The highest BCUT2D eigenvalue weighted by molar-refractivity contribution is 5.94. The first kappa shape index (κ1) is 16.9. The number of carbonyl (C=O) groups excluding carboxylic acids is 2. The third kappa shape index (κ3) is 2.37. The van der Waals surface area contributed by atoms with Crippen molar-refractivity contribution in [3.63, 3.8) is 0 Å². The van der Waals surface area contributed by atoms with E-state index in [4.69, 9.17) is 13.9 Å². The Bertz CT molecular complexity index is 870. The Morgan fingerprint density at radius 1 is 1.35 bits per heavy atom. The van der Waals surface area contributed by atoms with Gasteiger partial charge in [0, 0.05) is 28.4 Å². The fourth-order valence-electron chi connectivity index (χ4n) is 4.30. The van der Waals surface area contributed by atoms with E-state index in [0.29, 0.717) is 17.8 Å². The van der Waals surface area contributed by atoms with E-state index in [9.17, 15) is 9.59 Å². The maximum atomic E-state index is 12.4. The lowest BCUT2D eigenvalue weighted by Crippen LogP contribution is -2.45. The predicted octanol–water partition coefficient (Wildman–Crippen LogP) is 4.18. The summed E-state index contributed by atoms with van der Waals surface area (Å²) in [4.78, 5) is 24.3. The first-order chi connectivity index (χ1) is 12.3. The summed E-state index contributed by atoms with van der Waals surface area (Å²) in [6.07, 6.45) is 6.00. The Balaban J connectivity index is 1.68. The van der Waals surface area contributed by atoms with Crippen LogP contribution in [0.25, 0.3) is 0 Å². The van der Waals surface area contributed by atoms with Crippen LogP contribution in [-0.2, 0) is 14.3 Å². The molecule has 5 heteroatoms. The quantitative estimate of drug-likeness (QED) is 0.745. The maximum absolute atomic E-state index is 12.4. The van der Waals surface area contributed by atoms with Gasteiger partial charge in [-0.25, -0.2) is 9.59 Å². The van der Waals surface area contributed by atoms with Crippen LogP contribution in [0, 0.1) is 17.3 Å². The summed E-state index contributed by atoms with van der Waals surface area (Å²) < 4.78 is 16.4. The molecule has 3 aliphatic rings. The van der Waals surface area contributed by atoms with Crippen LogP contribution in [0.1, 0.15) is 44.7 Å². The number of esters is 2. The number of fused-ring (bicyclic) bond motifs is 2. The molecule has 0 saturated carbocycles. The van der Waals surface area contributed by atoms with Crippen LogP contribution in [0.2, 0.25) is 0 Å². The van der Waals surface area contributed by atoms with Gasteiger partial charge in [0.2, 0.25) is 5.76 Å². The molecule has 0 amide bonds. The molecule has 0 spiro atoms. The molecule has 4 unspecified atom stereocenters. The Labute approximate surface area is 152 Å². The predicted molar refractivity (Wildman–Crippen MR) is 93.9 cm³/mol. The van der Waals surface area contributed by atoms with E-state index >= 15 is 0 Å². The first-order valence-electron chi connectivity index (χ1n) is 8.92. The van der Waals surface area contributed by atoms with Crippen molar-refractivity contribution in [1.82, 2.24) is 0 Å². The molecule has 136 valence electrons. The molecule has 2 heterocycles. The van der Waals surface area contributed by atoms with Gasteiger partial charge in [0.25, 0.3) is 0 Å². The average Bonchev–Trinajstić information content (AvgIpc) is 3.22. The highest BCUT2D eigenvalue weighted by Gasteiger charge is 2.50. The van der Waals surface area contributed by atoms with E-state index in [1.54, 1.807) is 19.1 Å². The van der Waals surface area contributed by atoms with Gasteiger partial charge >= 0.3 is 11.9 Å². The van der Waals surface area contributed by atoms with E-state index in [0.717, 1.165) is 11.1 Å². The summed E-state index contributed by atoms with van der Waals surface area (Å²) in [5, 5.41) is 0. The molecule has 1 aromatic rings. The van der Waals surface area contributed by atoms with Gasteiger partial charge in [-0.3, -0.25) is 0 Å². The van der Waals surface area contributed by atoms with Crippen molar-refractivity contribution in [3.8, 4) is 0 Å². The molecule has 0 bridgehead atoms. The zero-order valence-electron chi connectivity index (χ0n) is 15.4. The third-order valence-corrected chi connectivity index (χ3v) is 6.17. The lowest BCUT2D eigenvalue weighted by atomic mass is 9.58. The molecule has 2 aliphatic carbocycles. The van der Waals surface area contributed by atoms with Crippen molar-refractivity contribution in [2.24, 2.45) is 17.3 Å². The van der Waals surface area contributed by atoms with Crippen LogP contribution in [0.4, 0.5) is 0 Å². The summed E-state index contributed by atoms with van der Waals surface area (Å²) in [6.45, 7) is 8.12. The van der Waals surface area contributed by atoms with Gasteiger partial charge in [-0.05, 0) is 37.1 Å². The Kier molecular flexibility index (Phi) is 3.72. The van der Waals surface area contributed by atoms with Crippen LogP contribution in [0.3, 0.4) is 0 Å². The minimum absolute atomic E-state index is 0.0487. The number of carbonyl (C=O) groups is 2. The molecule has 4 atom stereocenters. The second-order valence-electron chi connectivity index (χ2n) is 7.71. The van der Waals surface area contributed by atoms with E-state index < -0.39 is 5.97 Å². The van der Waals surface area contributed by atoms with Gasteiger partial charge in [0.15, 0.2) is 0 Å². The van der Waals surface area contributed by atoms with Crippen molar-refractivity contribution >= 4 is 11.9 Å². The number of furan rings is 1. The highest BCUT2D eigenvalue weighted by Crippen LogP contribution is 2.54. The van der Waals surface area contributed by atoms with Crippen molar-refractivity contribution in [3.05, 3.63) is 58.8 Å². The first-order valence-corrected chi connectivity index (χ1v) is 8.92. The smallest absolute Gasteiger partial charge is 0.374 e. The molecule has 0 radical (unpaired) electrons. The minimum Gasteiger partial charge on any atom is -0.457 e. The van der Waals surface area contributed by atoms with Gasteiger partial charge in [-0.2, -0.15) is 0 Å². The number of ether oxygens (including phenoxy) is 2. The van der Waals surface area contributed by atoms with Crippen LogP contribution < -0.4 is 0 Å². The van der Waals surface area contributed by atoms with Gasteiger partial charge in [0.1, 0.15) is 11.9 Å². The molecule has 0 fully saturated rings. The van der Waals surface area contributed by atoms with Crippen molar-refractivity contribution in [2.45, 2.75) is 40.2 Å². The van der Waals surface area contributed by atoms with Crippen LogP contribution in [0.15, 0.2) is 57.4 Å². The second kappa shape index (κ2) is 5.73. The lowest BCUT2D eigenvalue weighted by molar-refractivity contribution is -0.133. The standard InChI is InChI=1S/C21H22O5/c1-11-8-14-9-17-15(12(2)19(22)25-17)10-21(14,4)13(3)18(11)26-20(23)16-6-5-7-24-16/h5-9,11,13,18H,10H2,1-4H3. The van der Waals surface area contributed by atoms with E-state index in [2.05, 4.69) is 19.9 Å². The van der Waals surface area contributed by atoms with Gasteiger partial charge in [0.05, 0.1) is 6.26 Å². The summed E-state index contributed by atoms with van der Waals surface area (Å²) in [5.74, 6) is 0.291. The maximum Gasteiger partial charge on any atom is 0.374 e. The molecule has 4 rings (SSSR count). The van der Waals surface area contributed by atoms with Crippen molar-refractivity contribution in [2.75, 3.05) is 0 Å². The Morgan fingerprint density at radius 3 is 2.81 bits per heavy atom. The van der Waals surface area contributed by atoms with Crippen LogP contribution in [-0.4, -0.2) is 18.0 Å². The molecule has 1 aliphatic heterocycles. The molecule has 1 aromatic heterocycles. The summed E-state index contributed by atoms with van der Waals surface area (Å²) in [5.41, 5.74) is 2.55. The van der Waals surface area contributed by atoms with Crippen molar-refractivity contribution < 1.29 is 23.5 Å². The van der Waals surface area contributed by atoms with Gasteiger partial charge in [-0.15, -0.1) is 0 Å². The number of rotatable bonds is 2. The number of hydrogen-bond acceptors (Lipinski definition) is 5. The zero-order chi connectivity index (χ0) is 18.6. The van der Waals surface area contributed by atoms with Crippen LogP contribution >= 0.6 is 0 Å². The SMILES string of the molecule is CC1=C2CC3(C)C(=CC(C)C(OC(=O)c4ccco4)C3C)C=C2OC1=O. The lowest BCUT2D eigenvalue weighted by Gasteiger charge is -2.48. The zero-order valence-corrected chi connectivity index (χ0v) is 15.4.